The summed E-state index contributed by atoms with van der Waals surface area (Å²) in [5, 5.41) is 0. The molecule has 90 valence electrons. The third-order valence-corrected chi connectivity index (χ3v) is 7.26. The summed E-state index contributed by atoms with van der Waals surface area (Å²) in [6.45, 7) is 1.87. The van der Waals surface area contributed by atoms with Gasteiger partial charge >= 0.3 is 0 Å². The van der Waals surface area contributed by atoms with Crippen molar-refractivity contribution in [3.8, 4) is 0 Å². The number of halogens is 2. The summed E-state index contributed by atoms with van der Waals surface area (Å²) < 4.78 is 27.9. The van der Waals surface area contributed by atoms with Gasteiger partial charge in [0.25, 0.3) is 10.0 Å². The van der Waals surface area contributed by atoms with Crippen LogP contribution in [0, 0.1) is 6.92 Å². The Hall–Kier alpha value is 0.380. The maximum Gasteiger partial charge on any atom is 0.250 e. The minimum Gasteiger partial charge on any atom is -0.206 e. The highest BCUT2D eigenvalue weighted by Gasteiger charge is 2.45. The minimum absolute atomic E-state index is 0.331. The molecule has 0 atom stereocenters. The summed E-state index contributed by atoms with van der Waals surface area (Å²) in [5.74, 6) is 0.331. The summed E-state index contributed by atoms with van der Waals surface area (Å²) in [6, 6.07) is 1.67. The van der Waals surface area contributed by atoms with Gasteiger partial charge in [-0.25, -0.2) is 13.1 Å². The van der Waals surface area contributed by atoms with Crippen molar-refractivity contribution < 1.29 is 8.42 Å². The van der Waals surface area contributed by atoms with Crippen LogP contribution in [0.2, 0.25) is 0 Å². The predicted octanol–water partition coefficient (Wildman–Crippen LogP) is 2.87. The molecule has 1 aromatic heterocycles. The fraction of sp³-hybridized carbons (Fsp3) is 0.556. The molecule has 1 aliphatic carbocycles. The smallest absolute Gasteiger partial charge is 0.206 e. The van der Waals surface area contributed by atoms with Crippen LogP contribution in [0.25, 0.3) is 0 Å². The molecule has 1 fully saturated rings. The number of hydrogen-bond acceptors (Lipinski definition) is 3. The van der Waals surface area contributed by atoms with E-state index in [-0.39, 0.29) is 0 Å². The molecule has 0 saturated heterocycles. The molecular formula is C9H11BrClNO2S2. The molecule has 0 aromatic carbocycles. The molecule has 0 unspecified atom stereocenters. The Balaban J connectivity index is 2.26. The van der Waals surface area contributed by atoms with E-state index in [1.54, 1.807) is 6.07 Å². The van der Waals surface area contributed by atoms with Crippen LogP contribution in [0.1, 0.15) is 18.4 Å². The van der Waals surface area contributed by atoms with Crippen molar-refractivity contribution >= 4 is 48.9 Å². The van der Waals surface area contributed by atoms with Crippen LogP contribution in [0.3, 0.4) is 0 Å². The van der Waals surface area contributed by atoms with E-state index in [1.807, 2.05) is 6.92 Å². The van der Waals surface area contributed by atoms with Crippen LogP contribution in [0.15, 0.2) is 14.1 Å². The lowest BCUT2D eigenvalue weighted by Crippen LogP contribution is -2.37. The van der Waals surface area contributed by atoms with Gasteiger partial charge in [0.05, 0.1) is 3.79 Å². The Labute approximate surface area is 112 Å². The van der Waals surface area contributed by atoms with E-state index in [1.165, 1.54) is 11.3 Å². The Kier molecular flexibility index (Phi) is 3.40. The summed E-state index contributed by atoms with van der Waals surface area (Å²) in [5.41, 5.74) is 0.534. The van der Waals surface area contributed by atoms with Gasteiger partial charge in [0.2, 0.25) is 0 Å². The van der Waals surface area contributed by atoms with Crippen LogP contribution in [-0.4, -0.2) is 19.8 Å². The van der Waals surface area contributed by atoms with E-state index in [9.17, 15) is 8.42 Å². The van der Waals surface area contributed by atoms with Crippen LogP contribution in [0.4, 0.5) is 0 Å². The van der Waals surface area contributed by atoms with Crippen LogP contribution in [0.5, 0.6) is 0 Å². The van der Waals surface area contributed by atoms with Crippen molar-refractivity contribution in [3.05, 3.63) is 15.4 Å². The lowest BCUT2D eigenvalue weighted by Gasteiger charge is -2.12. The fourth-order valence-corrected chi connectivity index (χ4v) is 5.41. The molecule has 0 aliphatic heterocycles. The predicted molar refractivity (Wildman–Crippen MR) is 69.8 cm³/mol. The van der Waals surface area contributed by atoms with Gasteiger partial charge in [0.1, 0.15) is 4.21 Å². The summed E-state index contributed by atoms with van der Waals surface area (Å²) in [6.07, 6.45) is 1.64. The van der Waals surface area contributed by atoms with Crippen molar-refractivity contribution in [2.75, 3.05) is 5.88 Å². The van der Waals surface area contributed by atoms with Gasteiger partial charge in [-0.2, -0.15) is 0 Å². The molecule has 0 amide bonds. The van der Waals surface area contributed by atoms with E-state index in [0.717, 1.165) is 22.2 Å². The minimum atomic E-state index is -3.42. The van der Waals surface area contributed by atoms with Crippen molar-refractivity contribution in [2.24, 2.45) is 0 Å². The Morgan fingerprint density at radius 3 is 2.62 bits per heavy atom. The topological polar surface area (TPSA) is 46.2 Å². The van der Waals surface area contributed by atoms with Crippen LogP contribution >= 0.6 is 38.9 Å². The fourth-order valence-electron chi connectivity index (χ4n) is 1.31. The molecule has 16 heavy (non-hydrogen) atoms. The molecular weight excluding hydrogens is 334 g/mol. The molecule has 1 heterocycles. The normalized spacial score (nSPS) is 18.7. The van der Waals surface area contributed by atoms with E-state index >= 15 is 0 Å². The maximum absolute atomic E-state index is 12.0. The Morgan fingerprint density at radius 1 is 1.62 bits per heavy atom. The van der Waals surface area contributed by atoms with Crippen molar-refractivity contribution in [2.45, 2.75) is 29.5 Å². The van der Waals surface area contributed by atoms with Gasteiger partial charge in [0.15, 0.2) is 0 Å². The third-order valence-electron chi connectivity index (χ3n) is 2.56. The van der Waals surface area contributed by atoms with Gasteiger partial charge in [-0.05, 0) is 47.3 Å². The number of thiophene rings is 1. The molecule has 0 radical (unpaired) electrons. The highest BCUT2D eigenvalue weighted by molar-refractivity contribution is 9.11. The first kappa shape index (κ1) is 12.8. The van der Waals surface area contributed by atoms with E-state index < -0.39 is 15.6 Å². The number of alkyl halides is 1. The van der Waals surface area contributed by atoms with Crippen molar-refractivity contribution in [1.82, 2.24) is 4.72 Å². The van der Waals surface area contributed by atoms with Gasteiger partial charge in [-0.1, -0.05) is 0 Å². The van der Waals surface area contributed by atoms with E-state index in [4.69, 9.17) is 11.6 Å². The third kappa shape index (κ3) is 2.46. The number of nitrogens with one attached hydrogen (secondary N) is 1. The molecule has 1 aliphatic rings. The average Bonchev–Trinajstić information content (AvgIpc) is 2.88. The van der Waals surface area contributed by atoms with E-state index in [2.05, 4.69) is 20.7 Å². The second kappa shape index (κ2) is 4.24. The Bertz CT molecular complexity index is 488. The second-order valence-electron chi connectivity index (χ2n) is 4.04. The highest BCUT2D eigenvalue weighted by Crippen LogP contribution is 2.39. The van der Waals surface area contributed by atoms with Crippen LogP contribution in [-0.2, 0) is 10.0 Å². The molecule has 1 aromatic rings. The van der Waals surface area contributed by atoms with Gasteiger partial charge in [-0.3, -0.25) is 0 Å². The second-order valence-corrected chi connectivity index (χ2v) is 8.59. The number of rotatable bonds is 4. The average molecular weight is 345 g/mol. The number of sulfonamides is 1. The van der Waals surface area contributed by atoms with Gasteiger partial charge in [-0.15, -0.1) is 22.9 Å². The molecule has 2 rings (SSSR count). The summed E-state index contributed by atoms with van der Waals surface area (Å²) in [4.78, 5) is 0. The van der Waals surface area contributed by atoms with Gasteiger partial charge in [0, 0.05) is 11.4 Å². The number of hydrogen-bond donors (Lipinski definition) is 1. The standard InChI is InChI=1S/C9H11BrClNO2S2/c1-6-4-7(15-8(6)10)16(13,14)12-9(5-11)2-3-9/h4,12H,2-3,5H2,1H3. The highest BCUT2D eigenvalue weighted by atomic mass is 79.9. The number of aryl methyl sites for hydroxylation is 1. The van der Waals surface area contributed by atoms with Crippen LogP contribution < -0.4 is 4.72 Å². The maximum atomic E-state index is 12.0. The molecule has 1 saturated carbocycles. The first-order valence-corrected chi connectivity index (χ1v) is 8.37. The molecule has 1 N–H and O–H groups in total. The first-order chi connectivity index (χ1) is 7.38. The zero-order valence-corrected chi connectivity index (χ0v) is 12.6. The van der Waals surface area contributed by atoms with Crippen molar-refractivity contribution in [3.63, 3.8) is 0 Å². The summed E-state index contributed by atoms with van der Waals surface area (Å²) >= 11 is 10.3. The zero-order chi connectivity index (χ0) is 12.0. The monoisotopic (exact) mass is 343 g/mol. The van der Waals surface area contributed by atoms with E-state index in [0.29, 0.717) is 10.1 Å². The first-order valence-electron chi connectivity index (χ1n) is 4.74. The Morgan fingerprint density at radius 2 is 2.25 bits per heavy atom. The zero-order valence-electron chi connectivity index (χ0n) is 8.59. The van der Waals surface area contributed by atoms with Gasteiger partial charge < -0.3 is 0 Å². The van der Waals surface area contributed by atoms with Crippen molar-refractivity contribution in [1.29, 1.82) is 0 Å². The quantitative estimate of drug-likeness (QED) is 0.854. The lowest BCUT2D eigenvalue weighted by molar-refractivity contribution is 0.561. The SMILES string of the molecule is Cc1cc(S(=O)(=O)NC2(CCl)CC2)sc1Br. The molecule has 0 bridgehead atoms. The molecule has 7 heteroatoms. The largest absolute Gasteiger partial charge is 0.250 e. The summed E-state index contributed by atoms with van der Waals surface area (Å²) in [7, 11) is -3.42. The lowest BCUT2D eigenvalue weighted by atomic mass is 10.4. The molecule has 0 spiro atoms. The molecule has 3 nitrogen and oxygen atoms in total.